The van der Waals surface area contributed by atoms with Crippen molar-refractivity contribution >= 4 is 11.7 Å². The molecule has 0 fully saturated rings. The van der Waals surface area contributed by atoms with Crippen LogP contribution in [-0.4, -0.2) is 22.1 Å². The molecule has 0 bridgehead atoms. The number of carboxylic acids is 1. The van der Waals surface area contributed by atoms with E-state index in [4.69, 9.17) is 5.11 Å². The van der Waals surface area contributed by atoms with E-state index in [9.17, 15) is 4.79 Å². The van der Waals surface area contributed by atoms with E-state index >= 15 is 0 Å². The summed E-state index contributed by atoms with van der Waals surface area (Å²) in [5.41, 5.74) is 0.778. The molecule has 1 heterocycles. The van der Waals surface area contributed by atoms with Crippen LogP contribution in [0.15, 0.2) is 31.1 Å². The third-order valence-corrected chi connectivity index (χ3v) is 1.97. The molecule has 0 saturated carbocycles. The molecule has 0 saturated heterocycles. The van der Waals surface area contributed by atoms with Crippen molar-refractivity contribution in [2.24, 2.45) is 0 Å². The topological polar surface area (TPSA) is 62.2 Å². The lowest BCUT2D eigenvalue weighted by Gasteiger charge is -2.14. The molecule has 0 aliphatic carbocycles. The number of aromatic nitrogens is 1. The summed E-state index contributed by atoms with van der Waals surface area (Å²) in [4.78, 5) is 14.8. The number of pyridine rings is 1. The summed E-state index contributed by atoms with van der Waals surface area (Å²) in [7, 11) is 0. The molecule has 0 aromatic carbocycles. The zero-order valence-electron chi connectivity index (χ0n) is 8.60. The van der Waals surface area contributed by atoms with Crippen LogP contribution in [0.4, 0.5) is 5.69 Å². The Bertz CT molecular complexity index is 363. The molecule has 80 valence electrons. The van der Waals surface area contributed by atoms with Gasteiger partial charge in [0.1, 0.15) is 0 Å². The Labute approximate surface area is 88.7 Å². The number of carboxylic acid groups (broad SMARTS) is 1. The number of nitrogens with zero attached hydrogens (tertiary/aromatic N) is 1. The summed E-state index contributed by atoms with van der Waals surface area (Å²) in [5.74, 6) is -0.953. The lowest BCUT2D eigenvalue weighted by Crippen LogP contribution is -2.16. The molecular formula is C11H14N2O2. The number of aromatic carboxylic acids is 1. The first-order chi connectivity index (χ1) is 7.15. The van der Waals surface area contributed by atoms with Gasteiger partial charge in [0.05, 0.1) is 17.4 Å². The van der Waals surface area contributed by atoms with Crippen molar-refractivity contribution in [1.82, 2.24) is 4.98 Å². The van der Waals surface area contributed by atoms with E-state index in [0.29, 0.717) is 5.69 Å². The van der Waals surface area contributed by atoms with Crippen LogP contribution in [0.5, 0.6) is 0 Å². The second-order valence-corrected chi connectivity index (χ2v) is 3.30. The van der Waals surface area contributed by atoms with E-state index in [1.165, 1.54) is 18.5 Å². The average molecular weight is 206 g/mol. The van der Waals surface area contributed by atoms with Gasteiger partial charge in [0.2, 0.25) is 0 Å². The molecule has 1 aromatic rings. The Balaban J connectivity index is 2.84. The Morgan fingerprint density at radius 1 is 1.80 bits per heavy atom. The molecule has 1 aromatic heterocycles. The molecule has 1 rings (SSSR count). The number of nitrogens with one attached hydrogen (secondary N) is 1. The van der Waals surface area contributed by atoms with Crippen LogP contribution < -0.4 is 5.32 Å². The zero-order valence-corrected chi connectivity index (χ0v) is 8.60. The van der Waals surface area contributed by atoms with Crippen molar-refractivity contribution in [3.8, 4) is 0 Å². The first-order valence-electron chi connectivity index (χ1n) is 4.70. The van der Waals surface area contributed by atoms with Crippen molar-refractivity contribution in [2.45, 2.75) is 19.4 Å². The highest BCUT2D eigenvalue weighted by atomic mass is 16.4. The van der Waals surface area contributed by atoms with Crippen LogP contribution in [0.1, 0.15) is 23.7 Å². The Morgan fingerprint density at radius 3 is 3.13 bits per heavy atom. The number of rotatable bonds is 5. The van der Waals surface area contributed by atoms with Crippen molar-refractivity contribution < 1.29 is 9.90 Å². The van der Waals surface area contributed by atoms with Crippen molar-refractivity contribution in [3.63, 3.8) is 0 Å². The summed E-state index contributed by atoms with van der Waals surface area (Å²) in [6.07, 6.45) is 5.54. The van der Waals surface area contributed by atoms with Crippen molar-refractivity contribution in [2.75, 3.05) is 5.32 Å². The minimum absolute atomic E-state index is 0.143. The normalized spacial score (nSPS) is 11.8. The number of anilines is 1. The SMILES string of the molecule is C=CCC(C)Nc1cnccc1C(=O)O. The molecule has 1 atom stereocenters. The number of hydrogen-bond donors (Lipinski definition) is 2. The second-order valence-electron chi connectivity index (χ2n) is 3.30. The quantitative estimate of drug-likeness (QED) is 0.725. The molecule has 0 amide bonds. The third kappa shape index (κ3) is 3.09. The van der Waals surface area contributed by atoms with Gasteiger partial charge in [-0.05, 0) is 19.4 Å². The minimum atomic E-state index is -0.953. The summed E-state index contributed by atoms with van der Waals surface area (Å²) < 4.78 is 0. The van der Waals surface area contributed by atoms with Crippen LogP contribution in [-0.2, 0) is 0 Å². The van der Waals surface area contributed by atoms with E-state index in [2.05, 4.69) is 16.9 Å². The summed E-state index contributed by atoms with van der Waals surface area (Å²) >= 11 is 0. The first-order valence-corrected chi connectivity index (χ1v) is 4.70. The molecule has 1 unspecified atom stereocenters. The fourth-order valence-electron chi connectivity index (χ4n) is 1.27. The minimum Gasteiger partial charge on any atom is -0.478 e. The Hall–Kier alpha value is -1.84. The van der Waals surface area contributed by atoms with E-state index in [1.807, 2.05) is 6.92 Å². The van der Waals surface area contributed by atoms with Gasteiger partial charge in [-0.2, -0.15) is 0 Å². The lowest BCUT2D eigenvalue weighted by atomic mass is 10.2. The zero-order chi connectivity index (χ0) is 11.3. The van der Waals surface area contributed by atoms with Gasteiger partial charge in [-0.3, -0.25) is 4.98 Å². The maximum absolute atomic E-state index is 10.9. The van der Waals surface area contributed by atoms with Gasteiger partial charge in [0, 0.05) is 12.2 Å². The molecule has 4 nitrogen and oxygen atoms in total. The van der Waals surface area contributed by atoms with Crippen LogP contribution in [0, 0.1) is 0 Å². The largest absolute Gasteiger partial charge is 0.478 e. The Morgan fingerprint density at radius 2 is 2.53 bits per heavy atom. The highest BCUT2D eigenvalue weighted by Gasteiger charge is 2.10. The molecule has 0 aliphatic heterocycles. The molecule has 15 heavy (non-hydrogen) atoms. The highest BCUT2D eigenvalue weighted by molar-refractivity contribution is 5.93. The molecule has 4 heteroatoms. The highest BCUT2D eigenvalue weighted by Crippen LogP contribution is 2.15. The average Bonchev–Trinajstić information content (AvgIpc) is 2.18. The maximum Gasteiger partial charge on any atom is 0.337 e. The van der Waals surface area contributed by atoms with E-state index in [-0.39, 0.29) is 11.6 Å². The van der Waals surface area contributed by atoms with Gasteiger partial charge in [0.25, 0.3) is 0 Å². The van der Waals surface area contributed by atoms with Gasteiger partial charge in [-0.15, -0.1) is 6.58 Å². The fraction of sp³-hybridized carbons (Fsp3) is 0.273. The molecular weight excluding hydrogens is 192 g/mol. The van der Waals surface area contributed by atoms with Gasteiger partial charge in [-0.1, -0.05) is 6.08 Å². The molecule has 2 N–H and O–H groups in total. The van der Waals surface area contributed by atoms with Gasteiger partial charge in [-0.25, -0.2) is 4.79 Å². The third-order valence-electron chi connectivity index (χ3n) is 1.97. The van der Waals surface area contributed by atoms with Crippen LogP contribution >= 0.6 is 0 Å². The first kappa shape index (κ1) is 11.2. The van der Waals surface area contributed by atoms with Crippen molar-refractivity contribution in [3.05, 3.63) is 36.7 Å². The second kappa shape index (κ2) is 5.14. The Kier molecular flexibility index (Phi) is 3.85. The standard InChI is InChI=1S/C11H14N2O2/c1-3-4-8(2)13-10-7-12-6-5-9(10)11(14)15/h3,5-8,13H,1,4H2,2H3,(H,14,15). The molecule has 0 spiro atoms. The van der Waals surface area contributed by atoms with Crippen LogP contribution in [0.25, 0.3) is 0 Å². The fourth-order valence-corrected chi connectivity index (χ4v) is 1.27. The van der Waals surface area contributed by atoms with E-state index < -0.39 is 5.97 Å². The lowest BCUT2D eigenvalue weighted by molar-refractivity contribution is 0.0698. The van der Waals surface area contributed by atoms with Gasteiger partial charge < -0.3 is 10.4 Å². The van der Waals surface area contributed by atoms with Gasteiger partial charge in [0.15, 0.2) is 0 Å². The predicted octanol–water partition coefficient (Wildman–Crippen LogP) is 2.16. The summed E-state index contributed by atoms with van der Waals surface area (Å²) in [6.45, 7) is 5.59. The number of carbonyl (C=O) groups is 1. The van der Waals surface area contributed by atoms with Crippen LogP contribution in [0.2, 0.25) is 0 Å². The summed E-state index contributed by atoms with van der Waals surface area (Å²) in [6, 6.07) is 1.62. The van der Waals surface area contributed by atoms with Crippen molar-refractivity contribution in [1.29, 1.82) is 0 Å². The molecule has 0 radical (unpaired) electrons. The van der Waals surface area contributed by atoms with E-state index in [1.54, 1.807) is 6.08 Å². The van der Waals surface area contributed by atoms with Gasteiger partial charge >= 0.3 is 5.97 Å². The summed E-state index contributed by atoms with van der Waals surface area (Å²) in [5, 5.41) is 12.0. The van der Waals surface area contributed by atoms with E-state index in [0.717, 1.165) is 6.42 Å². The maximum atomic E-state index is 10.9. The smallest absolute Gasteiger partial charge is 0.337 e. The molecule has 0 aliphatic rings. The number of hydrogen-bond acceptors (Lipinski definition) is 3. The van der Waals surface area contributed by atoms with Crippen LogP contribution in [0.3, 0.4) is 0 Å². The predicted molar refractivity (Wildman–Crippen MR) is 59.1 cm³/mol. The monoisotopic (exact) mass is 206 g/mol.